The van der Waals surface area contributed by atoms with Crippen molar-refractivity contribution in [2.75, 3.05) is 13.2 Å². The number of carbonyl (C=O) groups excluding carboxylic acids is 1. The van der Waals surface area contributed by atoms with Crippen molar-refractivity contribution in [3.8, 4) is 0 Å². The van der Waals surface area contributed by atoms with E-state index in [4.69, 9.17) is 5.11 Å². The van der Waals surface area contributed by atoms with Crippen molar-refractivity contribution >= 4 is 6.03 Å². The highest BCUT2D eigenvalue weighted by molar-refractivity contribution is 5.77. The second kappa shape index (κ2) is 4.53. The molecule has 2 rings (SSSR count). The van der Waals surface area contributed by atoms with E-state index in [-0.39, 0.29) is 24.7 Å². The molecule has 1 heterocycles. The van der Waals surface area contributed by atoms with Crippen LogP contribution in [0.1, 0.15) is 18.5 Å². The number of hydrogen-bond donors (Lipinski definition) is 2. The Labute approximate surface area is 94.9 Å². The first kappa shape index (κ1) is 11.0. The van der Waals surface area contributed by atoms with Crippen molar-refractivity contribution < 1.29 is 9.90 Å². The summed E-state index contributed by atoms with van der Waals surface area (Å²) in [7, 11) is 0. The van der Waals surface area contributed by atoms with Gasteiger partial charge in [0.15, 0.2) is 0 Å². The Hall–Kier alpha value is -1.55. The average Bonchev–Trinajstić information content (AvgIpc) is 2.71. The Balaban J connectivity index is 2.11. The van der Waals surface area contributed by atoms with E-state index in [2.05, 4.69) is 5.32 Å². The Morgan fingerprint density at radius 3 is 2.75 bits per heavy atom. The summed E-state index contributed by atoms with van der Waals surface area (Å²) >= 11 is 0. The van der Waals surface area contributed by atoms with Crippen molar-refractivity contribution in [1.82, 2.24) is 10.2 Å². The summed E-state index contributed by atoms with van der Waals surface area (Å²) in [5.41, 5.74) is 1.11. The molecule has 86 valence electrons. The molecule has 1 aliphatic rings. The normalized spacial score (nSPS) is 22.0. The fourth-order valence-corrected chi connectivity index (χ4v) is 1.97. The Kier molecular flexibility index (Phi) is 3.10. The largest absolute Gasteiger partial charge is 0.394 e. The monoisotopic (exact) mass is 220 g/mol. The van der Waals surface area contributed by atoms with Gasteiger partial charge in [0.25, 0.3) is 0 Å². The average molecular weight is 220 g/mol. The van der Waals surface area contributed by atoms with Crippen LogP contribution in [0.4, 0.5) is 4.79 Å². The Bertz CT molecular complexity index is 367. The van der Waals surface area contributed by atoms with Gasteiger partial charge in [-0.15, -0.1) is 0 Å². The molecule has 1 aromatic rings. The number of amides is 2. The van der Waals surface area contributed by atoms with Gasteiger partial charge in [-0.2, -0.15) is 0 Å². The lowest BCUT2D eigenvalue weighted by atomic mass is 10.1. The molecule has 4 nitrogen and oxygen atoms in total. The zero-order valence-electron chi connectivity index (χ0n) is 9.26. The van der Waals surface area contributed by atoms with Crippen molar-refractivity contribution in [3.05, 3.63) is 35.9 Å². The number of urea groups is 1. The molecular weight excluding hydrogens is 204 g/mol. The number of benzene rings is 1. The number of aliphatic hydroxyl groups is 1. The molecule has 0 aliphatic carbocycles. The number of aliphatic hydroxyl groups excluding tert-OH is 1. The van der Waals surface area contributed by atoms with E-state index in [1.807, 2.05) is 37.3 Å². The topological polar surface area (TPSA) is 52.6 Å². The molecule has 2 atom stereocenters. The molecule has 1 saturated heterocycles. The van der Waals surface area contributed by atoms with Crippen LogP contribution in [0.5, 0.6) is 0 Å². The first-order chi connectivity index (χ1) is 7.72. The summed E-state index contributed by atoms with van der Waals surface area (Å²) in [6.45, 7) is 2.55. The first-order valence-electron chi connectivity index (χ1n) is 5.45. The maximum absolute atomic E-state index is 11.7. The van der Waals surface area contributed by atoms with E-state index in [1.165, 1.54) is 0 Å². The Morgan fingerprint density at radius 2 is 2.19 bits per heavy atom. The summed E-state index contributed by atoms with van der Waals surface area (Å²) < 4.78 is 0. The quantitative estimate of drug-likeness (QED) is 0.802. The van der Waals surface area contributed by atoms with E-state index >= 15 is 0 Å². The maximum Gasteiger partial charge on any atom is 0.318 e. The van der Waals surface area contributed by atoms with Crippen LogP contribution in [0.2, 0.25) is 0 Å². The third-order valence-electron chi connectivity index (χ3n) is 2.98. The van der Waals surface area contributed by atoms with Crippen molar-refractivity contribution in [2.24, 2.45) is 0 Å². The number of hydrogen-bond acceptors (Lipinski definition) is 2. The number of nitrogens with one attached hydrogen (secondary N) is 1. The molecular formula is C12H16N2O2. The summed E-state index contributed by atoms with van der Waals surface area (Å²) in [6, 6.07) is 9.68. The van der Waals surface area contributed by atoms with Gasteiger partial charge in [0.2, 0.25) is 0 Å². The van der Waals surface area contributed by atoms with E-state index in [0.717, 1.165) is 5.56 Å². The van der Waals surface area contributed by atoms with Gasteiger partial charge >= 0.3 is 6.03 Å². The highest BCUT2D eigenvalue weighted by Gasteiger charge is 2.31. The highest BCUT2D eigenvalue weighted by atomic mass is 16.3. The number of nitrogens with zero attached hydrogens (tertiary/aromatic N) is 1. The minimum atomic E-state index is -0.140. The van der Waals surface area contributed by atoms with E-state index in [0.29, 0.717) is 6.54 Å². The maximum atomic E-state index is 11.7. The van der Waals surface area contributed by atoms with Crippen molar-refractivity contribution in [2.45, 2.75) is 19.0 Å². The van der Waals surface area contributed by atoms with E-state index < -0.39 is 0 Å². The Morgan fingerprint density at radius 1 is 1.50 bits per heavy atom. The lowest BCUT2D eigenvalue weighted by Gasteiger charge is -2.23. The fourth-order valence-electron chi connectivity index (χ4n) is 1.97. The van der Waals surface area contributed by atoms with Gasteiger partial charge in [0, 0.05) is 6.54 Å². The molecule has 16 heavy (non-hydrogen) atoms. The summed E-state index contributed by atoms with van der Waals surface area (Å²) in [5.74, 6) is 0. The first-order valence-corrected chi connectivity index (χ1v) is 5.45. The smallest absolute Gasteiger partial charge is 0.318 e. The van der Waals surface area contributed by atoms with Gasteiger partial charge in [-0.25, -0.2) is 4.79 Å². The number of rotatable bonds is 3. The molecule has 2 N–H and O–H groups in total. The predicted molar refractivity (Wildman–Crippen MR) is 61.0 cm³/mol. The summed E-state index contributed by atoms with van der Waals surface area (Å²) in [6.07, 6.45) is 0. The molecule has 1 aliphatic heterocycles. The second-order valence-electron chi connectivity index (χ2n) is 4.07. The molecule has 0 spiro atoms. The minimum Gasteiger partial charge on any atom is -0.394 e. The highest BCUT2D eigenvalue weighted by Crippen LogP contribution is 2.22. The standard InChI is InChI=1S/C12H16N2O2/c1-9(10-5-3-2-4-6-10)14-7-11(8-15)13-12(14)16/h2-6,9,11,15H,7-8H2,1H3,(H,13,16). The third kappa shape index (κ3) is 2.02. The minimum absolute atomic E-state index is 0.0102. The zero-order chi connectivity index (χ0) is 11.5. The molecule has 0 radical (unpaired) electrons. The van der Waals surface area contributed by atoms with Crippen LogP contribution in [-0.4, -0.2) is 35.2 Å². The molecule has 1 fully saturated rings. The van der Waals surface area contributed by atoms with E-state index in [1.54, 1.807) is 4.90 Å². The lowest BCUT2D eigenvalue weighted by molar-refractivity contribution is 0.201. The van der Waals surface area contributed by atoms with Gasteiger partial charge < -0.3 is 15.3 Å². The molecule has 1 aromatic carbocycles. The van der Waals surface area contributed by atoms with Gasteiger partial charge in [0.1, 0.15) is 0 Å². The summed E-state index contributed by atoms with van der Waals surface area (Å²) in [5, 5.41) is 11.8. The zero-order valence-corrected chi connectivity index (χ0v) is 9.26. The van der Waals surface area contributed by atoms with Crippen LogP contribution in [0.15, 0.2) is 30.3 Å². The number of carbonyl (C=O) groups is 1. The van der Waals surface area contributed by atoms with Crippen LogP contribution >= 0.6 is 0 Å². The third-order valence-corrected chi connectivity index (χ3v) is 2.98. The van der Waals surface area contributed by atoms with E-state index in [9.17, 15) is 4.79 Å². The lowest BCUT2D eigenvalue weighted by Crippen LogP contribution is -2.31. The molecule has 4 heteroatoms. The van der Waals surface area contributed by atoms with Gasteiger partial charge in [-0.3, -0.25) is 0 Å². The molecule has 2 amide bonds. The van der Waals surface area contributed by atoms with Gasteiger partial charge in [-0.05, 0) is 12.5 Å². The second-order valence-corrected chi connectivity index (χ2v) is 4.07. The molecule has 0 saturated carbocycles. The SMILES string of the molecule is CC(c1ccccc1)N1CC(CO)NC1=O. The molecule has 0 aromatic heterocycles. The van der Waals surface area contributed by atoms with Crippen molar-refractivity contribution in [1.29, 1.82) is 0 Å². The molecule has 2 unspecified atom stereocenters. The predicted octanol–water partition coefficient (Wildman–Crippen LogP) is 1.13. The van der Waals surface area contributed by atoms with Crippen molar-refractivity contribution in [3.63, 3.8) is 0 Å². The van der Waals surface area contributed by atoms with Gasteiger partial charge in [-0.1, -0.05) is 30.3 Å². The van der Waals surface area contributed by atoms with Gasteiger partial charge in [0.05, 0.1) is 18.7 Å². The van der Waals surface area contributed by atoms with Crippen LogP contribution in [-0.2, 0) is 0 Å². The summed E-state index contributed by atoms with van der Waals surface area (Å²) in [4.78, 5) is 13.4. The molecule has 0 bridgehead atoms. The van der Waals surface area contributed by atoms with Crippen LogP contribution in [0, 0.1) is 0 Å². The van der Waals surface area contributed by atoms with Crippen LogP contribution < -0.4 is 5.32 Å². The fraction of sp³-hybridized carbons (Fsp3) is 0.417. The van der Waals surface area contributed by atoms with Crippen LogP contribution in [0.3, 0.4) is 0 Å². The van der Waals surface area contributed by atoms with Crippen LogP contribution in [0.25, 0.3) is 0 Å².